The Morgan fingerprint density at radius 3 is 2.23 bits per heavy atom. The van der Waals surface area contributed by atoms with E-state index in [2.05, 4.69) is 10.1 Å². The Hall–Kier alpha value is -2.25. The maximum Gasteiger partial charge on any atom is 0.573 e. The minimum atomic E-state index is -4.77. The summed E-state index contributed by atoms with van der Waals surface area (Å²) in [5.41, 5.74) is -1.07. The Morgan fingerprint density at radius 2 is 1.73 bits per heavy atom. The highest BCUT2D eigenvalue weighted by atomic mass is 19.4. The molecule has 0 saturated heterocycles. The maximum absolute atomic E-state index is 12.7. The fourth-order valence-corrected chi connectivity index (χ4v) is 3.52. The third-order valence-electron chi connectivity index (χ3n) is 5.53. The first kappa shape index (κ1) is 20.1. The standard InChI is InChI=1S/C18H22F3NO4/c1-16(2)13(9-10-17(16,3)15(24)25-4)14(23)22-11-5-7-12(8-6-11)26-18(19,20)21/h5-8,13H,9-10H2,1-4H3,(H,22,23). The smallest absolute Gasteiger partial charge is 0.469 e. The van der Waals surface area contributed by atoms with E-state index in [9.17, 15) is 22.8 Å². The second-order valence-electron chi connectivity index (χ2n) is 7.20. The minimum absolute atomic E-state index is 0.285. The van der Waals surface area contributed by atoms with Crippen LogP contribution < -0.4 is 10.1 Å². The zero-order valence-corrected chi connectivity index (χ0v) is 15.1. The summed E-state index contributed by atoms with van der Waals surface area (Å²) in [5, 5.41) is 2.70. The van der Waals surface area contributed by atoms with Crippen molar-refractivity contribution in [1.82, 2.24) is 0 Å². The van der Waals surface area contributed by atoms with Crippen molar-refractivity contribution in [3.8, 4) is 5.75 Å². The van der Waals surface area contributed by atoms with Gasteiger partial charge in [-0.05, 0) is 49.4 Å². The van der Waals surface area contributed by atoms with E-state index in [0.717, 1.165) is 12.1 Å². The molecule has 1 N–H and O–H groups in total. The summed E-state index contributed by atoms with van der Waals surface area (Å²) >= 11 is 0. The molecule has 144 valence electrons. The number of esters is 1. The molecular weight excluding hydrogens is 351 g/mol. The highest BCUT2D eigenvalue weighted by Crippen LogP contribution is 2.56. The normalized spacial score (nSPS) is 24.8. The van der Waals surface area contributed by atoms with Crippen molar-refractivity contribution in [3.05, 3.63) is 24.3 Å². The van der Waals surface area contributed by atoms with Crippen LogP contribution in [0.25, 0.3) is 0 Å². The monoisotopic (exact) mass is 373 g/mol. The van der Waals surface area contributed by atoms with Gasteiger partial charge in [-0.25, -0.2) is 0 Å². The van der Waals surface area contributed by atoms with Crippen LogP contribution >= 0.6 is 0 Å². The number of halogens is 3. The lowest BCUT2D eigenvalue weighted by Gasteiger charge is -2.38. The van der Waals surface area contributed by atoms with Gasteiger partial charge in [-0.15, -0.1) is 13.2 Å². The second-order valence-corrected chi connectivity index (χ2v) is 7.20. The van der Waals surface area contributed by atoms with Gasteiger partial charge in [0.2, 0.25) is 5.91 Å². The highest BCUT2D eigenvalue weighted by molar-refractivity contribution is 5.94. The Balaban J connectivity index is 2.10. The van der Waals surface area contributed by atoms with Gasteiger partial charge in [0.15, 0.2) is 0 Å². The van der Waals surface area contributed by atoms with Gasteiger partial charge >= 0.3 is 12.3 Å². The summed E-state index contributed by atoms with van der Waals surface area (Å²) in [6, 6.07) is 4.92. The third-order valence-corrected chi connectivity index (χ3v) is 5.53. The van der Waals surface area contributed by atoms with Crippen molar-refractivity contribution < 1.29 is 32.2 Å². The van der Waals surface area contributed by atoms with Gasteiger partial charge in [0, 0.05) is 11.6 Å². The fraction of sp³-hybridized carbons (Fsp3) is 0.556. The number of carbonyl (C=O) groups excluding carboxylic acids is 2. The van der Waals surface area contributed by atoms with E-state index in [1.807, 2.05) is 13.8 Å². The molecule has 2 rings (SSSR count). The van der Waals surface area contributed by atoms with Gasteiger partial charge in [-0.1, -0.05) is 13.8 Å². The first-order valence-corrected chi connectivity index (χ1v) is 8.16. The Morgan fingerprint density at radius 1 is 1.15 bits per heavy atom. The van der Waals surface area contributed by atoms with Crippen molar-refractivity contribution in [2.75, 3.05) is 12.4 Å². The number of nitrogens with one attached hydrogen (secondary N) is 1. The zero-order chi connectivity index (χ0) is 19.8. The highest BCUT2D eigenvalue weighted by Gasteiger charge is 2.58. The van der Waals surface area contributed by atoms with Crippen LogP contribution in [0.15, 0.2) is 24.3 Å². The molecule has 0 bridgehead atoms. The number of alkyl halides is 3. The molecule has 0 radical (unpaired) electrons. The molecule has 0 aromatic heterocycles. The van der Waals surface area contributed by atoms with Crippen LogP contribution in [-0.4, -0.2) is 25.3 Å². The molecule has 8 heteroatoms. The van der Waals surface area contributed by atoms with Gasteiger partial charge in [0.05, 0.1) is 12.5 Å². The van der Waals surface area contributed by atoms with Crippen LogP contribution in [0.5, 0.6) is 5.75 Å². The molecule has 0 heterocycles. The third kappa shape index (κ3) is 3.78. The lowest BCUT2D eigenvalue weighted by atomic mass is 9.65. The molecule has 26 heavy (non-hydrogen) atoms. The SMILES string of the molecule is COC(=O)C1(C)CCC(C(=O)Nc2ccc(OC(F)(F)F)cc2)C1(C)C. The number of methoxy groups -OCH3 is 1. The summed E-state index contributed by atoms with van der Waals surface area (Å²) in [4.78, 5) is 24.8. The summed E-state index contributed by atoms with van der Waals surface area (Å²) < 4.78 is 45.2. The molecule has 1 aromatic carbocycles. The molecule has 1 fully saturated rings. The summed E-state index contributed by atoms with van der Waals surface area (Å²) in [6.45, 7) is 5.48. The van der Waals surface area contributed by atoms with Crippen molar-refractivity contribution >= 4 is 17.6 Å². The van der Waals surface area contributed by atoms with Gasteiger partial charge < -0.3 is 14.8 Å². The molecular formula is C18H22F3NO4. The Labute approximate surface area is 149 Å². The number of benzene rings is 1. The number of rotatable bonds is 4. The van der Waals surface area contributed by atoms with Crippen LogP contribution in [0.2, 0.25) is 0 Å². The minimum Gasteiger partial charge on any atom is -0.469 e. The van der Waals surface area contributed by atoms with Gasteiger partial charge in [0.25, 0.3) is 0 Å². The first-order valence-electron chi connectivity index (χ1n) is 8.16. The summed E-state index contributed by atoms with van der Waals surface area (Å²) in [7, 11) is 1.32. The average Bonchev–Trinajstić information content (AvgIpc) is 2.78. The quantitative estimate of drug-likeness (QED) is 0.806. The summed E-state index contributed by atoms with van der Waals surface area (Å²) in [6.07, 6.45) is -3.74. The van der Waals surface area contributed by atoms with E-state index in [4.69, 9.17) is 4.74 Å². The Kier molecular flexibility index (Phi) is 5.26. The molecule has 2 unspecified atom stereocenters. The maximum atomic E-state index is 12.7. The molecule has 1 saturated carbocycles. The van der Waals surface area contributed by atoms with Crippen LogP contribution in [0.3, 0.4) is 0 Å². The topological polar surface area (TPSA) is 64.6 Å². The van der Waals surface area contributed by atoms with Crippen molar-refractivity contribution in [1.29, 1.82) is 0 Å². The van der Waals surface area contributed by atoms with E-state index in [0.29, 0.717) is 18.5 Å². The zero-order valence-electron chi connectivity index (χ0n) is 15.1. The van der Waals surface area contributed by atoms with E-state index in [1.165, 1.54) is 19.2 Å². The largest absolute Gasteiger partial charge is 0.573 e. The van der Waals surface area contributed by atoms with Crippen molar-refractivity contribution in [2.24, 2.45) is 16.7 Å². The number of hydrogen-bond acceptors (Lipinski definition) is 4. The molecule has 1 aliphatic carbocycles. The van der Waals surface area contributed by atoms with Crippen LogP contribution in [-0.2, 0) is 14.3 Å². The number of carbonyl (C=O) groups is 2. The van der Waals surface area contributed by atoms with E-state index in [-0.39, 0.29) is 17.6 Å². The van der Waals surface area contributed by atoms with Gasteiger partial charge in [-0.3, -0.25) is 9.59 Å². The molecule has 0 spiro atoms. The first-order chi connectivity index (χ1) is 11.9. The van der Waals surface area contributed by atoms with Crippen molar-refractivity contribution in [3.63, 3.8) is 0 Å². The van der Waals surface area contributed by atoms with E-state index in [1.54, 1.807) is 6.92 Å². The lowest BCUT2D eigenvalue weighted by molar-refractivity contribution is -0.274. The number of hydrogen-bond donors (Lipinski definition) is 1. The average molecular weight is 373 g/mol. The van der Waals surface area contributed by atoms with Crippen LogP contribution in [0.4, 0.5) is 18.9 Å². The molecule has 0 aliphatic heterocycles. The molecule has 5 nitrogen and oxygen atoms in total. The van der Waals surface area contributed by atoms with E-state index >= 15 is 0 Å². The van der Waals surface area contributed by atoms with Gasteiger partial charge in [0.1, 0.15) is 5.75 Å². The summed E-state index contributed by atoms with van der Waals surface area (Å²) in [5.74, 6) is -1.44. The van der Waals surface area contributed by atoms with Crippen molar-refractivity contribution in [2.45, 2.75) is 40.0 Å². The van der Waals surface area contributed by atoms with Gasteiger partial charge in [-0.2, -0.15) is 0 Å². The van der Waals surface area contributed by atoms with Crippen LogP contribution in [0.1, 0.15) is 33.6 Å². The Bertz CT molecular complexity index is 685. The van der Waals surface area contributed by atoms with Crippen LogP contribution in [0, 0.1) is 16.7 Å². The molecule has 1 amide bonds. The van der Waals surface area contributed by atoms with E-state index < -0.39 is 23.1 Å². The number of amides is 1. The lowest BCUT2D eigenvalue weighted by Crippen LogP contribution is -2.44. The molecule has 1 aliphatic rings. The second kappa shape index (κ2) is 6.81. The number of ether oxygens (including phenoxy) is 2. The fourth-order valence-electron chi connectivity index (χ4n) is 3.52. The molecule has 2 atom stereocenters. The molecule has 1 aromatic rings. The predicted octanol–water partition coefficient (Wildman–Crippen LogP) is 4.14. The predicted molar refractivity (Wildman–Crippen MR) is 88.4 cm³/mol. The number of anilines is 1.